The van der Waals surface area contributed by atoms with Gasteiger partial charge >= 0.3 is 0 Å². The van der Waals surface area contributed by atoms with E-state index in [0.29, 0.717) is 17.8 Å². The van der Waals surface area contributed by atoms with Crippen molar-refractivity contribution in [1.82, 2.24) is 42.8 Å². The molecule has 112 heavy (non-hydrogen) atoms. The van der Waals surface area contributed by atoms with Crippen molar-refractivity contribution in [3.05, 3.63) is 419 Å². The second-order valence-corrected chi connectivity index (χ2v) is 30.7. The van der Waals surface area contributed by atoms with E-state index in [-0.39, 0.29) is 23.7 Å². The molecule has 4 bridgehead atoms. The molecule has 0 amide bonds. The van der Waals surface area contributed by atoms with Crippen LogP contribution in [0.15, 0.2) is 352 Å². The summed E-state index contributed by atoms with van der Waals surface area (Å²) in [6.45, 7) is 0. The van der Waals surface area contributed by atoms with E-state index in [9.17, 15) is 0 Å². The largest absolute Gasteiger partial charge is 0.355 e. The maximum atomic E-state index is 5.62. The summed E-state index contributed by atoms with van der Waals surface area (Å²) >= 11 is 0. The Kier molecular flexibility index (Phi) is 12.1. The molecule has 29 rings (SSSR count). The first kappa shape index (κ1) is 60.4. The SMILES string of the molecule is c1ccc(-n2c3ccccc3c3c4c(ccc32)C2c3ccccc3C4c3c2ccc2[nH]c4ccccc4c32)cc1.c1ccc(-n2c3ccccc3c3c4c(ccc32)C2c3ccccc3C4c3c2ccc2c3c3ccccc3n2-c2nc(-n3c4ccccc4c4ccccc43)nc(-n3c4ccccc4c4ccccc43)n2)cc1. The molecule has 0 aliphatic heterocycles. The standard InChI is InChI=1S/C65H39N7.C38H24N2/c1-2-18-38(19-3-1)69-53-32-16-10-26-45(53)58-55(69)36-34-47-57-43-24-4-5-25-44(43)60(61(47)58)62-48(57)35-37-56-59(62)46-27-11-17-33-54(46)72(56)65-67-63(70-49-28-12-6-20-39(49)40-21-7-13-29-50(40)70)66-64(68-65)71-51-30-14-8-22-41(51)42-23-9-15-31-52(42)71;1-2-10-22(11-3-1)40-31-17-9-7-15-26(31)35-32(40)21-19-28-33-23-12-4-5-13-24(23)36(38(28)35)37-27(33)18-20-30-34(37)25-14-6-8-16-29(25)39-30/h1-37,57,60H;1-21,33,36,39H. The summed E-state index contributed by atoms with van der Waals surface area (Å²) in [6, 6.07) is 129. The molecule has 0 saturated carbocycles. The molecule has 0 spiro atoms. The number of hydrogen-bond acceptors (Lipinski definition) is 3. The Morgan fingerprint density at radius 2 is 0.446 bits per heavy atom. The predicted octanol–water partition coefficient (Wildman–Crippen LogP) is 24.7. The van der Waals surface area contributed by atoms with Crippen LogP contribution in [0.25, 0.3) is 160 Å². The third-order valence-electron chi connectivity index (χ3n) is 25.5. The first-order valence-electron chi connectivity index (χ1n) is 38.9. The smallest absolute Gasteiger partial charge is 0.241 e. The number of nitrogens with zero attached hydrogens (tertiary/aromatic N) is 8. The third-order valence-corrected chi connectivity index (χ3v) is 25.5. The van der Waals surface area contributed by atoms with Crippen LogP contribution in [0.3, 0.4) is 0 Å². The molecule has 7 heterocycles. The zero-order chi connectivity index (χ0) is 72.7. The van der Waals surface area contributed by atoms with E-state index in [2.05, 4.69) is 380 Å². The Hall–Kier alpha value is -14.7. The molecule has 6 aliphatic carbocycles. The first-order chi connectivity index (χ1) is 55.7. The maximum absolute atomic E-state index is 5.62. The Morgan fingerprint density at radius 1 is 0.179 bits per heavy atom. The highest BCUT2D eigenvalue weighted by Gasteiger charge is 2.47. The lowest BCUT2D eigenvalue weighted by Gasteiger charge is -2.43. The van der Waals surface area contributed by atoms with Crippen LogP contribution in [0.5, 0.6) is 0 Å². The normalized spacial score (nSPS) is 15.7. The monoisotopic (exact) mass is 1430 g/mol. The third kappa shape index (κ3) is 7.92. The van der Waals surface area contributed by atoms with Gasteiger partial charge in [0.2, 0.25) is 17.8 Å². The summed E-state index contributed by atoms with van der Waals surface area (Å²) in [6.07, 6.45) is 0. The Bertz CT molecular complexity index is 7820. The molecule has 0 saturated heterocycles. The Labute approximate surface area is 641 Å². The molecule has 4 atom stereocenters. The summed E-state index contributed by atoms with van der Waals surface area (Å²) in [5, 5.41) is 15.0. The fourth-order valence-corrected chi connectivity index (χ4v) is 21.4. The van der Waals surface area contributed by atoms with Crippen LogP contribution in [0.1, 0.15) is 90.4 Å². The van der Waals surface area contributed by atoms with E-state index < -0.39 is 0 Å². The van der Waals surface area contributed by atoms with Crippen LogP contribution in [0.2, 0.25) is 0 Å². The molecule has 23 aromatic rings. The number of aromatic nitrogens is 9. The highest BCUT2D eigenvalue weighted by molar-refractivity contribution is 6.18. The van der Waals surface area contributed by atoms with Crippen molar-refractivity contribution < 1.29 is 0 Å². The number of H-pyrrole nitrogens is 1. The Balaban J connectivity index is 0.000000146. The quantitative estimate of drug-likeness (QED) is 0.186. The van der Waals surface area contributed by atoms with E-state index in [1.807, 2.05) is 0 Å². The lowest BCUT2D eigenvalue weighted by Crippen LogP contribution is -2.28. The van der Waals surface area contributed by atoms with Gasteiger partial charge in [0.15, 0.2) is 0 Å². The van der Waals surface area contributed by atoms with Gasteiger partial charge in [0.05, 0.1) is 55.2 Å². The average Bonchev–Trinajstić information content (AvgIpc) is 1.38. The zero-order valence-corrected chi connectivity index (χ0v) is 60.4. The number of nitrogens with one attached hydrogen (secondary N) is 1. The first-order valence-corrected chi connectivity index (χ1v) is 38.9. The summed E-state index contributed by atoms with van der Waals surface area (Å²) in [5.41, 5.74) is 33.1. The van der Waals surface area contributed by atoms with Crippen LogP contribution in [0.4, 0.5) is 0 Å². The van der Waals surface area contributed by atoms with E-state index in [1.54, 1.807) is 0 Å². The number of hydrogen-bond donors (Lipinski definition) is 1. The van der Waals surface area contributed by atoms with Crippen molar-refractivity contribution in [3.63, 3.8) is 0 Å². The topological polar surface area (TPSA) is 79.1 Å². The minimum Gasteiger partial charge on any atom is -0.355 e. The maximum Gasteiger partial charge on any atom is 0.241 e. The van der Waals surface area contributed by atoms with E-state index in [1.165, 1.54) is 149 Å². The van der Waals surface area contributed by atoms with Crippen molar-refractivity contribution in [2.75, 3.05) is 0 Å². The van der Waals surface area contributed by atoms with Gasteiger partial charge in [-0.05, 0) is 164 Å². The number of aromatic amines is 1. The van der Waals surface area contributed by atoms with Crippen LogP contribution < -0.4 is 0 Å². The lowest BCUT2D eigenvalue weighted by molar-refractivity contribution is 0.767. The molecule has 1 N–H and O–H groups in total. The van der Waals surface area contributed by atoms with Gasteiger partial charge in [-0.1, -0.05) is 255 Å². The molecule has 0 radical (unpaired) electrons. The fourth-order valence-electron chi connectivity index (χ4n) is 21.4. The summed E-state index contributed by atoms with van der Waals surface area (Å²) in [5.74, 6) is 2.10. The van der Waals surface area contributed by atoms with Gasteiger partial charge in [0, 0.05) is 111 Å². The van der Waals surface area contributed by atoms with Crippen molar-refractivity contribution >= 4 is 131 Å². The average molecular weight is 1430 g/mol. The molecular weight excluding hydrogens is 1360 g/mol. The van der Waals surface area contributed by atoms with E-state index in [0.717, 1.165) is 60.3 Å². The summed E-state index contributed by atoms with van der Waals surface area (Å²) in [7, 11) is 0. The summed E-state index contributed by atoms with van der Waals surface area (Å²) < 4.78 is 11.6. The number of fused-ring (bicyclic) bond motifs is 18. The summed E-state index contributed by atoms with van der Waals surface area (Å²) in [4.78, 5) is 20.5. The molecule has 6 aliphatic rings. The van der Waals surface area contributed by atoms with Gasteiger partial charge in [-0.3, -0.25) is 13.7 Å². The molecule has 4 unspecified atom stereocenters. The van der Waals surface area contributed by atoms with Gasteiger partial charge in [-0.2, -0.15) is 15.0 Å². The van der Waals surface area contributed by atoms with Crippen molar-refractivity contribution in [3.8, 4) is 29.2 Å². The van der Waals surface area contributed by atoms with Crippen molar-refractivity contribution in [2.45, 2.75) is 23.7 Å². The molecule has 16 aromatic carbocycles. The van der Waals surface area contributed by atoms with Gasteiger partial charge < -0.3 is 14.1 Å². The second-order valence-electron chi connectivity index (χ2n) is 30.7. The number of benzene rings is 16. The van der Waals surface area contributed by atoms with Gasteiger partial charge in [0.25, 0.3) is 0 Å². The van der Waals surface area contributed by atoms with Crippen LogP contribution in [0, 0.1) is 0 Å². The zero-order valence-electron chi connectivity index (χ0n) is 60.4. The molecule has 7 aromatic heterocycles. The fraction of sp³-hybridized carbons (Fsp3) is 0.0388. The van der Waals surface area contributed by atoms with Gasteiger partial charge in [-0.15, -0.1) is 0 Å². The molecule has 9 heteroatoms. The molecule has 0 fully saturated rings. The highest BCUT2D eigenvalue weighted by Crippen LogP contribution is 2.63. The molecular formula is C103H63N9. The minimum absolute atomic E-state index is 0.0300. The molecule has 520 valence electrons. The van der Waals surface area contributed by atoms with Gasteiger partial charge in [0.1, 0.15) is 0 Å². The Morgan fingerprint density at radius 3 is 0.830 bits per heavy atom. The van der Waals surface area contributed by atoms with Crippen LogP contribution in [-0.2, 0) is 0 Å². The number of para-hydroxylation sites is 10. The minimum atomic E-state index is -0.0300. The molecule has 9 nitrogen and oxygen atoms in total. The van der Waals surface area contributed by atoms with E-state index >= 15 is 0 Å². The highest BCUT2D eigenvalue weighted by atomic mass is 15.3. The predicted molar refractivity (Wildman–Crippen MR) is 457 cm³/mol. The van der Waals surface area contributed by atoms with Crippen molar-refractivity contribution in [1.29, 1.82) is 0 Å². The van der Waals surface area contributed by atoms with E-state index in [4.69, 9.17) is 15.0 Å². The number of rotatable bonds is 5. The van der Waals surface area contributed by atoms with Gasteiger partial charge in [-0.25, -0.2) is 0 Å². The van der Waals surface area contributed by atoms with Crippen LogP contribution >= 0.6 is 0 Å². The van der Waals surface area contributed by atoms with Crippen LogP contribution in [-0.4, -0.2) is 42.8 Å². The lowest BCUT2D eigenvalue weighted by atomic mass is 9.59. The van der Waals surface area contributed by atoms with Crippen molar-refractivity contribution in [2.24, 2.45) is 0 Å². The second kappa shape index (κ2) is 22.5.